The van der Waals surface area contributed by atoms with Crippen LogP contribution in [0.5, 0.6) is 0 Å². The van der Waals surface area contributed by atoms with Crippen molar-refractivity contribution >= 4 is 11.6 Å². The fourth-order valence-corrected chi connectivity index (χ4v) is 2.75. The largest absolute Gasteiger partial charge is 0.297 e. The van der Waals surface area contributed by atoms with E-state index in [-0.39, 0.29) is 22.4 Å². The van der Waals surface area contributed by atoms with E-state index in [4.69, 9.17) is 11.6 Å². The summed E-state index contributed by atoms with van der Waals surface area (Å²) in [6.07, 6.45) is 0. The molecule has 4 heteroatoms. The van der Waals surface area contributed by atoms with Crippen LogP contribution in [0.2, 0.25) is 5.02 Å². The monoisotopic (exact) mass is 280 g/mol. The van der Waals surface area contributed by atoms with E-state index in [2.05, 4.69) is 31.7 Å². The van der Waals surface area contributed by atoms with Gasteiger partial charge in [0.05, 0.1) is 17.0 Å². The van der Waals surface area contributed by atoms with Crippen LogP contribution in [-0.4, -0.2) is 23.5 Å². The van der Waals surface area contributed by atoms with Gasteiger partial charge in [0.25, 0.3) is 0 Å². The molecule has 0 amide bonds. The first kappa shape index (κ1) is 14.3. The van der Waals surface area contributed by atoms with Crippen molar-refractivity contribution in [1.82, 2.24) is 4.90 Å². The van der Waals surface area contributed by atoms with Crippen LogP contribution in [0.4, 0.5) is 4.39 Å². The summed E-state index contributed by atoms with van der Waals surface area (Å²) >= 11 is 5.84. The molecule has 19 heavy (non-hydrogen) atoms. The Morgan fingerprint density at radius 1 is 1.37 bits per heavy atom. The van der Waals surface area contributed by atoms with Crippen molar-refractivity contribution in [1.29, 1.82) is 5.26 Å². The summed E-state index contributed by atoms with van der Waals surface area (Å²) in [5.74, 6) is -0.382. The molecule has 1 aliphatic heterocycles. The molecular weight excluding hydrogens is 263 g/mol. The molecule has 0 bridgehead atoms. The van der Waals surface area contributed by atoms with Crippen molar-refractivity contribution < 1.29 is 4.39 Å². The normalized spacial score (nSPS) is 24.4. The molecule has 2 rings (SSSR count). The van der Waals surface area contributed by atoms with Crippen LogP contribution in [0.25, 0.3) is 0 Å². The molecule has 0 aliphatic carbocycles. The minimum atomic E-state index is -0.412. The first-order chi connectivity index (χ1) is 8.82. The predicted molar refractivity (Wildman–Crippen MR) is 74.6 cm³/mol. The zero-order valence-electron chi connectivity index (χ0n) is 11.5. The molecule has 1 fully saturated rings. The number of hydrogen-bond acceptors (Lipinski definition) is 2. The third-order valence-corrected chi connectivity index (χ3v) is 4.10. The topological polar surface area (TPSA) is 27.0 Å². The fourth-order valence-electron chi connectivity index (χ4n) is 2.56. The van der Waals surface area contributed by atoms with E-state index >= 15 is 0 Å². The van der Waals surface area contributed by atoms with Crippen molar-refractivity contribution in [2.75, 3.05) is 13.1 Å². The molecule has 0 aromatic heterocycles. The van der Waals surface area contributed by atoms with Gasteiger partial charge < -0.3 is 0 Å². The predicted octanol–water partition coefficient (Wildman–Crippen LogP) is 3.82. The van der Waals surface area contributed by atoms with Crippen LogP contribution in [0.1, 0.15) is 32.3 Å². The van der Waals surface area contributed by atoms with Crippen LogP contribution in [0, 0.1) is 23.1 Å². The van der Waals surface area contributed by atoms with E-state index in [1.807, 2.05) is 0 Å². The minimum absolute atomic E-state index is 0.0354. The number of hydrogen-bond donors (Lipinski definition) is 0. The Bertz CT molecular complexity index is 516. The van der Waals surface area contributed by atoms with Gasteiger partial charge in [-0.2, -0.15) is 5.26 Å². The molecule has 1 aliphatic rings. The highest BCUT2D eigenvalue weighted by atomic mass is 35.5. The maximum absolute atomic E-state index is 13.2. The highest BCUT2D eigenvalue weighted by Crippen LogP contribution is 2.36. The SMILES string of the molecule is CC(C)(C)N1C[C@H](c2ccc(F)c(Cl)c2)[C@@H](C#N)C1. The van der Waals surface area contributed by atoms with Gasteiger partial charge in [-0.3, -0.25) is 4.90 Å². The summed E-state index contributed by atoms with van der Waals surface area (Å²) in [7, 11) is 0. The molecular formula is C15H18ClFN2. The maximum atomic E-state index is 13.2. The quantitative estimate of drug-likeness (QED) is 0.782. The van der Waals surface area contributed by atoms with Gasteiger partial charge in [-0.05, 0) is 38.5 Å². The molecule has 1 aromatic carbocycles. The number of nitrogens with zero attached hydrogens (tertiary/aromatic N) is 2. The molecule has 2 nitrogen and oxygen atoms in total. The van der Waals surface area contributed by atoms with Crippen LogP contribution in [0.15, 0.2) is 18.2 Å². The van der Waals surface area contributed by atoms with Crippen molar-refractivity contribution in [2.45, 2.75) is 32.2 Å². The Balaban J connectivity index is 2.28. The summed E-state index contributed by atoms with van der Waals surface area (Å²) < 4.78 is 13.2. The smallest absolute Gasteiger partial charge is 0.141 e. The van der Waals surface area contributed by atoms with Gasteiger partial charge in [-0.15, -0.1) is 0 Å². The summed E-state index contributed by atoms with van der Waals surface area (Å²) in [4.78, 5) is 2.29. The lowest BCUT2D eigenvalue weighted by molar-refractivity contribution is 0.170. The molecule has 0 saturated carbocycles. The Hall–Kier alpha value is -1.11. The minimum Gasteiger partial charge on any atom is -0.297 e. The first-order valence-electron chi connectivity index (χ1n) is 6.42. The molecule has 102 valence electrons. The van der Waals surface area contributed by atoms with Crippen LogP contribution < -0.4 is 0 Å². The Morgan fingerprint density at radius 3 is 2.58 bits per heavy atom. The molecule has 1 aromatic rings. The van der Waals surface area contributed by atoms with Gasteiger partial charge in [-0.25, -0.2) is 4.39 Å². The van der Waals surface area contributed by atoms with E-state index < -0.39 is 5.82 Å². The van der Waals surface area contributed by atoms with Crippen molar-refractivity contribution in [3.05, 3.63) is 34.6 Å². The third-order valence-electron chi connectivity index (χ3n) is 3.81. The third kappa shape index (κ3) is 2.91. The second-order valence-electron chi connectivity index (χ2n) is 6.09. The number of benzene rings is 1. The number of rotatable bonds is 1. The van der Waals surface area contributed by atoms with Gasteiger partial charge in [0, 0.05) is 24.5 Å². The lowest BCUT2D eigenvalue weighted by atomic mass is 9.90. The van der Waals surface area contributed by atoms with E-state index in [1.165, 1.54) is 6.07 Å². The molecule has 0 unspecified atom stereocenters. The zero-order chi connectivity index (χ0) is 14.2. The second kappa shape index (κ2) is 5.11. The van der Waals surface area contributed by atoms with E-state index in [9.17, 15) is 9.65 Å². The Labute approximate surface area is 118 Å². The highest BCUT2D eigenvalue weighted by Gasteiger charge is 2.38. The molecule has 1 heterocycles. The van der Waals surface area contributed by atoms with Crippen LogP contribution in [-0.2, 0) is 0 Å². The average Bonchev–Trinajstić information content (AvgIpc) is 2.76. The van der Waals surface area contributed by atoms with E-state index in [0.29, 0.717) is 0 Å². The number of halogens is 2. The molecule has 0 spiro atoms. The van der Waals surface area contributed by atoms with Crippen LogP contribution >= 0.6 is 11.6 Å². The van der Waals surface area contributed by atoms with Gasteiger partial charge in [0.1, 0.15) is 5.82 Å². The lowest BCUT2D eigenvalue weighted by Gasteiger charge is -2.31. The highest BCUT2D eigenvalue weighted by molar-refractivity contribution is 6.30. The summed E-state index contributed by atoms with van der Waals surface area (Å²) in [5.41, 5.74) is 0.984. The summed E-state index contributed by atoms with van der Waals surface area (Å²) in [6.45, 7) is 7.98. The molecule has 1 saturated heterocycles. The van der Waals surface area contributed by atoms with Crippen molar-refractivity contribution in [2.24, 2.45) is 5.92 Å². The standard InChI is InChI=1S/C15H18ClFN2/c1-15(2,3)19-8-11(7-18)12(9-19)10-4-5-14(17)13(16)6-10/h4-6,11-12H,8-9H2,1-3H3/t11-,12+/m0/s1. The zero-order valence-corrected chi connectivity index (χ0v) is 12.2. The summed E-state index contributed by atoms with van der Waals surface area (Å²) in [5, 5.41) is 9.45. The van der Waals surface area contributed by atoms with Gasteiger partial charge in [0.15, 0.2) is 0 Å². The molecule has 0 N–H and O–H groups in total. The van der Waals surface area contributed by atoms with Crippen molar-refractivity contribution in [3.63, 3.8) is 0 Å². The number of likely N-dealkylation sites (tertiary alicyclic amines) is 1. The Morgan fingerprint density at radius 2 is 2.05 bits per heavy atom. The molecule has 2 atom stereocenters. The molecule has 0 radical (unpaired) electrons. The van der Waals surface area contributed by atoms with Gasteiger partial charge >= 0.3 is 0 Å². The number of nitriles is 1. The Kier molecular flexibility index (Phi) is 3.85. The van der Waals surface area contributed by atoms with E-state index in [1.54, 1.807) is 12.1 Å². The lowest BCUT2D eigenvalue weighted by Crippen LogP contribution is -2.39. The fraction of sp³-hybridized carbons (Fsp3) is 0.533. The van der Waals surface area contributed by atoms with Crippen molar-refractivity contribution in [3.8, 4) is 6.07 Å². The maximum Gasteiger partial charge on any atom is 0.141 e. The van der Waals surface area contributed by atoms with E-state index in [0.717, 1.165) is 18.7 Å². The van der Waals surface area contributed by atoms with Gasteiger partial charge in [0.2, 0.25) is 0 Å². The summed E-state index contributed by atoms with van der Waals surface area (Å²) in [6, 6.07) is 7.14. The van der Waals surface area contributed by atoms with Crippen LogP contribution in [0.3, 0.4) is 0 Å². The first-order valence-corrected chi connectivity index (χ1v) is 6.80. The average molecular weight is 281 g/mol. The van der Waals surface area contributed by atoms with Gasteiger partial charge in [-0.1, -0.05) is 17.7 Å². The second-order valence-corrected chi connectivity index (χ2v) is 6.50.